The summed E-state index contributed by atoms with van der Waals surface area (Å²) in [5.74, 6) is 0.296. The summed E-state index contributed by atoms with van der Waals surface area (Å²) < 4.78 is 26.3. The third-order valence-corrected chi connectivity index (χ3v) is 9.19. The van der Waals surface area contributed by atoms with Crippen LogP contribution < -0.4 is 0 Å². The Kier molecular flexibility index (Phi) is 16.2. The zero-order valence-electron chi connectivity index (χ0n) is 25.9. The number of rotatable bonds is 20. The molecule has 0 aliphatic carbocycles. The quantitative estimate of drug-likeness (QED) is 0.157. The molecule has 0 unspecified atom stereocenters. The average molecular weight is 587 g/mol. The molecule has 6 heteroatoms. The van der Waals surface area contributed by atoms with Crippen LogP contribution in [0.1, 0.15) is 101 Å². The zero-order valence-corrected chi connectivity index (χ0v) is 26.7. The fraction of sp³-hybridized carbons (Fsp3) is 0.657. The van der Waals surface area contributed by atoms with E-state index in [9.17, 15) is 5.11 Å². The predicted molar refractivity (Wildman–Crippen MR) is 171 cm³/mol. The molecule has 1 aliphatic rings. The van der Waals surface area contributed by atoms with E-state index in [1.54, 1.807) is 12.1 Å². The SMILES string of the molecule is CCCCOC[C@H]1S[C@@H](c2cccc(Cc3ccc(O)cc3)c2)[C@H](OCCCC)[C@@H](OCCCC)[C@@H]1OCCCC. The van der Waals surface area contributed by atoms with E-state index in [0.29, 0.717) is 19.0 Å². The summed E-state index contributed by atoms with van der Waals surface area (Å²) in [4.78, 5) is 0. The van der Waals surface area contributed by atoms with Crippen LogP contribution in [0, 0.1) is 0 Å². The summed E-state index contributed by atoms with van der Waals surface area (Å²) in [5, 5.41) is 9.99. The highest BCUT2D eigenvalue weighted by Gasteiger charge is 2.48. The number of benzene rings is 2. The molecule has 1 N–H and O–H groups in total. The molecule has 1 saturated heterocycles. The Bertz CT molecular complexity index is 952. The van der Waals surface area contributed by atoms with Crippen LogP contribution in [0.2, 0.25) is 0 Å². The van der Waals surface area contributed by atoms with Crippen molar-refractivity contribution in [3.63, 3.8) is 0 Å². The summed E-state index contributed by atoms with van der Waals surface area (Å²) >= 11 is 1.95. The topological polar surface area (TPSA) is 57.2 Å². The van der Waals surface area contributed by atoms with Crippen molar-refractivity contribution in [2.24, 2.45) is 0 Å². The van der Waals surface area contributed by atoms with Crippen LogP contribution in [0.4, 0.5) is 0 Å². The second-order valence-corrected chi connectivity index (χ2v) is 12.6. The van der Waals surface area contributed by atoms with Crippen molar-refractivity contribution in [2.75, 3.05) is 33.0 Å². The Morgan fingerprint density at radius 3 is 1.88 bits per heavy atom. The number of hydrogen-bond donors (Lipinski definition) is 1. The first-order chi connectivity index (χ1) is 20.1. The molecule has 0 aromatic heterocycles. The minimum atomic E-state index is -0.151. The normalized spacial score (nSPS) is 22.7. The molecule has 2 aromatic carbocycles. The van der Waals surface area contributed by atoms with Gasteiger partial charge in [-0.05, 0) is 60.9 Å². The van der Waals surface area contributed by atoms with Gasteiger partial charge < -0.3 is 24.1 Å². The molecule has 1 aliphatic heterocycles. The maximum absolute atomic E-state index is 9.71. The number of ether oxygens (including phenoxy) is 4. The van der Waals surface area contributed by atoms with E-state index in [1.807, 2.05) is 23.9 Å². The average Bonchev–Trinajstić information content (AvgIpc) is 2.98. The van der Waals surface area contributed by atoms with Crippen LogP contribution in [0.15, 0.2) is 48.5 Å². The maximum atomic E-state index is 9.71. The van der Waals surface area contributed by atoms with Gasteiger partial charge in [0.05, 0.1) is 17.1 Å². The van der Waals surface area contributed by atoms with Crippen LogP contribution in [0.25, 0.3) is 0 Å². The minimum Gasteiger partial charge on any atom is -0.508 e. The Balaban J connectivity index is 1.93. The van der Waals surface area contributed by atoms with Crippen molar-refractivity contribution in [1.82, 2.24) is 0 Å². The van der Waals surface area contributed by atoms with Gasteiger partial charge in [-0.25, -0.2) is 0 Å². The Morgan fingerprint density at radius 2 is 1.24 bits per heavy atom. The number of hydrogen-bond acceptors (Lipinski definition) is 6. The van der Waals surface area contributed by atoms with Crippen molar-refractivity contribution in [1.29, 1.82) is 0 Å². The standard InChI is InChI=1S/C35H54O5S/c1-5-9-20-37-26-31-32(38-21-10-6-2)33(39-22-11-7-3)34(40-23-12-8-4)35(41-31)29-15-13-14-28(25-29)24-27-16-18-30(36)19-17-27/h13-19,25,31-36H,5-12,20-24,26H2,1-4H3/t31-,32-,33+,34-,35+/m1/s1. The molecule has 1 fully saturated rings. The van der Waals surface area contributed by atoms with Gasteiger partial charge in [0.1, 0.15) is 24.1 Å². The van der Waals surface area contributed by atoms with Gasteiger partial charge in [0.2, 0.25) is 0 Å². The van der Waals surface area contributed by atoms with E-state index >= 15 is 0 Å². The van der Waals surface area contributed by atoms with E-state index in [1.165, 1.54) is 16.7 Å². The number of aromatic hydroxyl groups is 1. The molecule has 2 aromatic rings. The minimum absolute atomic E-state index is 0.0758. The molecule has 0 spiro atoms. The number of thioether (sulfide) groups is 1. The molecule has 5 atom stereocenters. The van der Waals surface area contributed by atoms with Crippen LogP contribution in [0.3, 0.4) is 0 Å². The second kappa shape index (κ2) is 19.6. The highest BCUT2D eigenvalue weighted by molar-refractivity contribution is 8.00. The van der Waals surface area contributed by atoms with Crippen LogP contribution in [-0.2, 0) is 25.4 Å². The van der Waals surface area contributed by atoms with Crippen molar-refractivity contribution >= 4 is 11.8 Å². The molecule has 3 rings (SSSR count). The maximum Gasteiger partial charge on any atom is 0.115 e. The zero-order chi connectivity index (χ0) is 29.3. The highest BCUT2D eigenvalue weighted by Crippen LogP contribution is 2.47. The molecule has 1 heterocycles. The van der Waals surface area contributed by atoms with E-state index in [2.05, 4.69) is 52.0 Å². The summed E-state index contributed by atoms with van der Waals surface area (Å²) in [6.45, 7) is 12.4. The lowest BCUT2D eigenvalue weighted by atomic mass is 9.94. The number of phenolic OH excluding ortho intramolecular Hbond substituents is 1. The van der Waals surface area contributed by atoms with Crippen molar-refractivity contribution in [2.45, 2.75) is 114 Å². The third kappa shape index (κ3) is 11.2. The molecular weight excluding hydrogens is 532 g/mol. The van der Waals surface area contributed by atoms with Crippen molar-refractivity contribution in [3.05, 3.63) is 65.2 Å². The first-order valence-electron chi connectivity index (χ1n) is 16.1. The van der Waals surface area contributed by atoms with E-state index < -0.39 is 0 Å². The molecule has 0 amide bonds. The van der Waals surface area contributed by atoms with E-state index in [0.717, 1.165) is 77.6 Å². The summed E-state index contributed by atoms with van der Waals surface area (Å²) in [7, 11) is 0. The Hall–Kier alpha value is -1.57. The lowest BCUT2D eigenvalue weighted by Crippen LogP contribution is -2.55. The van der Waals surface area contributed by atoms with Gasteiger partial charge in [-0.1, -0.05) is 89.8 Å². The van der Waals surface area contributed by atoms with Gasteiger partial charge in [-0.3, -0.25) is 0 Å². The molecule has 41 heavy (non-hydrogen) atoms. The first kappa shape index (κ1) is 33.9. The monoisotopic (exact) mass is 586 g/mol. The van der Waals surface area contributed by atoms with Gasteiger partial charge in [0.25, 0.3) is 0 Å². The second-order valence-electron chi connectivity index (χ2n) is 11.2. The smallest absolute Gasteiger partial charge is 0.115 e. The largest absolute Gasteiger partial charge is 0.508 e. The Labute approximate surface area is 253 Å². The molecule has 0 bridgehead atoms. The number of unbranched alkanes of at least 4 members (excludes halogenated alkanes) is 4. The molecule has 230 valence electrons. The fourth-order valence-corrected chi connectivity index (χ4v) is 6.79. The van der Waals surface area contributed by atoms with Crippen molar-refractivity contribution in [3.8, 4) is 5.75 Å². The summed E-state index contributed by atoms with van der Waals surface area (Å²) in [5.41, 5.74) is 3.70. The lowest BCUT2D eigenvalue weighted by Gasteiger charge is -2.46. The van der Waals surface area contributed by atoms with Crippen LogP contribution in [0.5, 0.6) is 5.75 Å². The van der Waals surface area contributed by atoms with Gasteiger partial charge in [0, 0.05) is 26.4 Å². The van der Waals surface area contributed by atoms with Crippen LogP contribution in [-0.4, -0.2) is 61.7 Å². The first-order valence-corrected chi connectivity index (χ1v) is 17.0. The molecule has 0 radical (unpaired) electrons. The third-order valence-electron chi connectivity index (χ3n) is 7.61. The highest BCUT2D eigenvalue weighted by atomic mass is 32.2. The molecular formula is C35H54O5S. The van der Waals surface area contributed by atoms with Gasteiger partial charge >= 0.3 is 0 Å². The van der Waals surface area contributed by atoms with Gasteiger partial charge in [-0.2, -0.15) is 0 Å². The van der Waals surface area contributed by atoms with Crippen molar-refractivity contribution < 1.29 is 24.1 Å². The summed E-state index contributed by atoms with van der Waals surface area (Å²) in [6, 6.07) is 16.4. The lowest BCUT2D eigenvalue weighted by molar-refractivity contribution is -0.149. The Morgan fingerprint density at radius 1 is 0.659 bits per heavy atom. The predicted octanol–water partition coefficient (Wildman–Crippen LogP) is 8.51. The molecule has 0 saturated carbocycles. The van der Waals surface area contributed by atoms with Gasteiger partial charge in [0.15, 0.2) is 0 Å². The van der Waals surface area contributed by atoms with E-state index in [4.69, 9.17) is 18.9 Å². The fourth-order valence-electron chi connectivity index (χ4n) is 5.16. The van der Waals surface area contributed by atoms with Crippen LogP contribution >= 0.6 is 11.8 Å². The van der Waals surface area contributed by atoms with E-state index in [-0.39, 0.29) is 28.8 Å². The summed E-state index contributed by atoms with van der Waals surface area (Å²) in [6.07, 6.45) is 9.06. The molecule has 5 nitrogen and oxygen atoms in total. The number of phenols is 1. The van der Waals surface area contributed by atoms with Gasteiger partial charge in [-0.15, -0.1) is 11.8 Å².